The predicted octanol–water partition coefficient (Wildman–Crippen LogP) is 2.62. The number of aliphatic hydroxyl groups is 1. The lowest BCUT2D eigenvalue weighted by Gasteiger charge is -2.27. The van der Waals surface area contributed by atoms with Crippen molar-refractivity contribution >= 4 is 0 Å². The Balaban J connectivity index is 1.92. The zero-order chi connectivity index (χ0) is 15.2. The molecule has 2 unspecified atom stereocenters. The minimum absolute atomic E-state index is 0.163. The van der Waals surface area contributed by atoms with Crippen LogP contribution in [-0.2, 0) is 4.74 Å². The lowest BCUT2D eigenvalue weighted by molar-refractivity contribution is -0.0101. The van der Waals surface area contributed by atoms with E-state index in [1.54, 1.807) is 7.11 Å². The molecule has 0 aromatic heterocycles. The SMILES string of the molecule is COc1ccc(C2CCCN2CC(O)COC(C)C)cc1. The molecule has 4 nitrogen and oxygen atoms in total. The van der Waals surface area contributed by atoms with E-state index in [0.717, 1.165) is 18.7 Å². The Kier molecular flexibility index (Phi) is 6.03. The minimum atomic E-state index is -0.425. The Labute approximate surface area is 127 Å². The Morgan fingerprint density at radius 1 is 1.29 bits per heavy atom. The Hall–Kier alpha value is -1.10. The van der Waals surface area contributed by atoms with Crippen LogP contribution in [0.1, 0.15) is 38.3 Å². The van der Waals surface area contributed by atoms with E-state index in [0.29, 0.717) is 19.2 Å². The Morgan fingerprint density at radius 2 is 2.00 bits per heavy atom. The van der Waals surface area contributed by atoms with Crippen LogP contribution < -0.4 is 4.74 Å². The summed E-state index contributed by atoms with van der Waals surface area (Å²) in [6.07, 6.45) is 2.06. The van der Waals surface area contributed by atoms with Gasteiger partial charge in [0.25, 0.3) is 0 Å². The molecule has 0 spiro atoms. The van der Waals surface area contributed by atoms with Crippen molar-refractivity contribution in [1.82, 2.24) is 4.90 Å². The second-order valence-corrected chi connectivity index (χ2v) is 5.96. The molecule has 2 rings (SSSR count). The molecule has 2 atom stereocenters. The van der Waals surface area contributed by atoms with Gasteiger partial charge >= 0.3 is 0 Å². The maximum absolute atomic E-state index is 10.1. The zero-order valence-corrected chi connectivity index (χ0v) is 13.3. The summed E-state index contributed by atoms with van der Waals surface area (Å²) in [5.41, 5.74) is 1.30. The van der Waals surface area contributed by atoms with Crippen molar-refractivity contribution in [3.63, 3.8) is 0 Å². The summed E-state index contributed by atoms with van der Waals surface area (Å²) < 4.78 is 10.7. The van der Waals surface area contributed by atoms with E-state index in [1.807, 2.05) is 26.0 Å². The lowest BCUT2D eigenvalue weighted by atomic mass is 10.0. The molecule has 0 radical (unpaired) electrons. The third kappa shape index (κ3) is 4.70. The molecule has 1 saturated heterocycles. The second-order valence-electron chi connectivity index (χ2n) is 5.96. The summed E-state index contributed by atoms with van der Waals surface area (Å²) in [5.74, 6) is 0.883. The monoisotopic (exact) mass is 293 g/mol. The van der Waals surface area contributed by atoms with Gasteiger partial charge in [0.2, 0.25) is 0 Å². The molecular weight excluding hydrogens is 266 g/mol. The van der Waals surface area contributed by atoms with E-state index in [1.165, 1.54) is 12.0 Å². The summed E-state index contributed by atoms with van der Waals surface area (Å²) in [6, 6.07) is 8.65. The number of likely N-dealkylation sites (tertiary alicyclic amines) is 1. The van der Waals surface area contributed by atoms with Crippen LogP contribution >= 0.6 is 0 Å². The fourth-order valence-electron chi connectivity index (χ4n) is 2.88. The van der Waals surface area contributed by atoms with Crippen LogP contribution in [0.2, 0.25) is 0 Å². The summed E-state index contributed by atoms with van der Waals surface area (Å²) in [7, 11) is 1.68. The van der Waals surface area contributed by atoms with Gasteiger partial charge in [-0.2, -0.15) is 0 Å². The van der Waals surface area contributed by atoms with E-state index in [2.05, 4.69) is 17.0 Å². The largest absolute Gasteiger partial charge is 0.497 e. The minimum Gasteiger partial charge on any atom is -0.497 e. The van der Waals surface area contributed by atoms with E-state index >= 15 is 0 Å². The molecule has 21 heavy (non-hydrogen) atoms. The average molecular weight is 293 g/mol. The maximum Gasteiger partial charge on any atom is 0.118 e. The van der Waals surface area contributed by atoms with Gasteiger partial charge < -0.3 is 14.6 Å². The summed E-state index contributed by atoms with van der Waals surface area (Å²) >= 11 is 0. The summed E-state index contributed by atoms with van der Waals surface area (Å²) in [6.45, 7) is 6.09. The fraction of sp³-hybridized carbons (Fsp3) is 0.647. The first-order valence-electron chi connectivity index (χ1n) is 7.78. The molecule has 4 heteroatoms. The van der Waals surface area contributed by atoms with E-state index < -0.39 is 6.10 Å². The molecule has 0 saturated carbocycles. The predicted molar refractivity (Wildman–Crippen MR) is 83.6 cm³/mol. The van der Waals surface area contributed by atoms with Crippen LogP contribution in [0.3, 0.4) is 0 Å². The van der Waals surface area contributed by atoms with E-state index in [4.69, 9.17) is 9.47 Å². The molecule has 118 valence electrons. The third-order valence-corrected chi connectivity index (χ3v) is 3.93. The number of hydrogen-bond donors (Lipinski definition) is 1. The highest BCUT2D eigenvalue weighted by molar-refractivity contribution is 5.29. The number of methoxy groups -OCH3 is 1. The van der Waals surface area contributed by atoms with Crippen LogP contribution in [0.4, 0.5) is 0 Å². The molecular formula is C17H27NO3. The van der Waals surface area contributed by atoms with E-state index in [9.17, 15) is 5.11 Å². The van der Waals surface area contributed by atoms with Gasteiger partial charge in [-0.25, -0.2) is 0 Å². The number of β-amino-alcohol motifs (C(OH)–C–C–N with tert-alkyl or cyclic N) is 1. The molecule has 1 fully saturated rings. The van der Waals surface area contributed by atoms with Crippen molar-refractivity contribution in [3.05, 3.63) is 29.8 Å². The van der Waals surface area contributed by atoms with Crippen molar-refractivity contribution < 1.29 is 14.6 Å². The van der Waals surface area contributed by atoms with Crippen LogP contribution in [0.25, 0.3) is 0 Å². The average Bonchev–Trinajstić information content (AvgIpc) is 2.93. The molecule has 1 aliphatic heterocycles. The standard InChI is InChI=1S/C17H27NO3/c1-13(2)21-12-15(19)11-18-10-4-5-17(18)14-6-8-16(20-3)9-7-14/h6-9,13,15,17,19H,4-5,10-12H2,1-3H3. The maximum atomic E-state index is 10.1. The first-order chi connectivity index (χ1) is 10.1. The molecule has 1 N–H and O–H groups in total. The van der Waals surface area contributed by atoms with Gasteiger partial charge in [0.05, 0.1) is 25.9 Å². The first kappa shape index (κ1) is 16.3. The summed E-state index contributed by atoms with van der Waals surface area (Å²) in [5, 5.41) is 10.1. The number of rotatable bonds is 7. The number of hydrogen-bond acceptors (Lipinski definition) is 4. The van der Waals surface area contributed by atoms with Gasteiger partial charge in [0, 0.05) is 12.6 Å². The lowest BCUT2D eigenvalue weighted by Crippen LogP contribution is -2.35. The fourth-order valence-corrected chi connectivity index (χ4v) is 2.88. The molecule has 0 amide bonds. The van der Waals surface area contributed by atoms with Crippen molar-refractivity contribution in [1.29, 1.82) is 0 Å². The Morgan fingerprint density at radius 3 is 2.62 bits per heavy atom. The summed E-state index contributed by atoms with van der Waals surface area (Å²) in [4.78, 5) is 2.36. The second kappa shape index (κ2) is 7.78. The van der Waals surface area contributed by atoms with Gasteiger partial charge in [-0.05, 0) is 50.9 Å². The smallest absolute Gasteiger partial charge is 0.118 e. The van der Waals surface area contributed by atoms with Crippen LogP contribution in [0.15, 0.2) is 24.3 Å². The van der Waals surface area contributed by atoms with Gasteiger partial charge in [-0.3, -0.25) is 4.90 Å². The van der Waals surface area contributed by atoms with Gasteiger partial charge in [0.1, 0.15) is 5.75 Å². The van der Waals surface area contributed by atoms with Crippen molar-refractivity contribution in [3.8, 4) is 5.75 Å². The molecule has 1 aromatic rings. The quantitative estimate of drug-likeness (QED) is 0.839. The molecule has 1 aromatic carbocycles. The van der Waals surface area contributed by atoms with Crippen LogP contribution in [-0.4, -0.2) is 49.0 Å². The zero-order valence-electron chi connectivity index (χ0n) is 13.3. The van der Waals surface area contributed by atoms with Crippen LogP contribution in [0, 0.1) is 0 Å². The van der Waals surface area contributed by atoms with Gasteiger partial charge in [-0.15, -0.1) is 0 Å². The van der Waals surface area contributed by atoms with Gasteiger partial charge in [-0.1, -0.05) is 12.1 Å². The van der Waals surface area contributed by atoms with Crippen molar-refractivity contribution in [2.45, 2.75) is 44.9 Å². The number of ether oxygens (including phenoxy) is 2. The van der Waals surface area contributed by atoms with Crippen molar-refractivity contribution in [2.24, 2.45) is 0 Å². The topological polar surface area (TPSA) is 41.9 Å². The third-order valence-electron chi connectivity index (χ3n) is 3.93. The van der Waals surface area contributed by atoms with E-state index in [-0.39, 0.29) is 6.10 Å². The number of nitrogens with zero attached hydrogens (tertiary/aromatic N) is 1. The Bertz CT molecular complexity index is 419. The first-order valence-corrected chi connectivity index (χ1v) is 7.78. The molecule has 1 aliphatic rings. The highest BCUT2D eigenvalue weighted by atomic mass is 16.5. The van der Waals surface area contributed by atoms with Gasteiger partial charge in [0.15, 0.2) is 0 Å². The van der Waals surface area contributed by atoms with Crippen LogP contribution in [0.5, 0.6) is 5.75 Å². The number of aliphatic hydroxyl groups excluding tert-OH is 1. The highest BCUT2D eigenvalue weighted by Gasteiger charge is 2.27. The molecule has 0 bridgehead atoms. The molecule has 1 heterocycles. The number of benzene rings is 1. The van der Waals surface area contributed by atoms with Crippen molar-refractivity contribution in [2.75, 3.05) is 26.8 Å². The molecule has 0 aliphatic carbocycles. The highest BCUT2D eigenvalue weighted by Crippen LogP contribution is 2.32. The normalized spacial score (nSPS) is 20.9.